The third kappa shape index (κ3) is 6.94. The zero-order valence-electron chi connectivity index (χ0n) is 41.8. The average molecular weight is 1020 g/mol. The summed E-state index contributed by atoms with van der Waals surface area (Å²) in [6, 6.07) is 94.5. The quantitative estimate of drug-likeness (QED) is 0.148. The van der Waals surface area contributed by atoms with Crippen LogP contribution in [0.3, 0.4) is 0 Å². The number of thiophene rings is 2. The highest BCUT2D eigenvalue weighted by Gasteiger charge is 2.30. The summed E-state index contributed by atoms with van der Waals surface area (Å²) in [5.41, 5.74) is 17.7. The molecule has 0 N–H and O–H groups in total. The molecule has 4 heterocycles. The second-order valence-corrected chi connectivity index (χ2v) is 22.5. The van der Waals surface area contributed by atoms with E-state index < -0.39 is 0 Å². The minimum Gasteiger partial charge on any atom is -0.310 e. The second-order valence-electron chi connectivity index (χ2n) is 20.3. The van der Waals surface area contributed by atoms with Crippen molar-refractivity contribution in [3.8, 4) is 33.6 Å². The normalized spacial score (nSPS) is 13.5. The molecule has 362 valence electrons. The van der Waals surface area contributed by atoms with Crippen LogP contribution in [-0.2, 0) is 0 Å². The molecule has 0 spiro atoms. The Bertz CT molecular complexity index is 4860. The van der Waals surface area contributed by atoms with Crippen LogP contribution < -0.4 is 4.90 Å². The predicted molar refractivity (Wildman–Crippen MR) is 331 cm³/mol. The van der Waals surface area contributed by atoms with E-state index in [0.717, 1.165) is 45.9 Å². The predicted octanol–water partition coefficient (Wildman–Crippen LogP) is 20.8. The van der Waals surface area contributed by atoms with E-state index in [2.05, 4.69) is 281 Å². The SMILES string of the molecule is C1=Cc2c(c3ccccc3n2-c2cc(N(c3ccccc3)c3cccc(-c4ccccc4)c3)cc(-n3c4ccccc4c4c(-c5cccc6sc7ccccc7c56)cccc43)c2)C(c2cccc3sc4ccccc4c23)C1. The molecule has 1 aliphatic rings. The Hall–Kier alpha value is -9.26. The smallest absolute Gasteiger partial charge is 0.0547 e. The lowest BCUT2D eigenvalue weighted by Crippen LogP contribution is -2.12. The van der Waals surface area contributed by atoms with Crippen LogP contribution in [0.25, 0.3) is 113 Å². The van der Waals surface area contributed by atoms with Gasteiger partial charge in [0.25, 0.3) is 0 Å². The van der Waals surface area contributed by atoms with Crippen molar-refractivity contribution in [2.24, 2.45) is 0 Å². The maximum absolute atomic E-state index is 2.55. The monoisotopic (exact) mass is 1020 g/mol. The summed E-state index contributed by atoms with van der Waals surface area (Å²) in [6.45, 7) is 0. The third-order valence-corrected chi connectivity index (χ3v) is 18.3. The summed E-state index contributed by atoms with van der Waals surface area (Å²) < 4.78 is 10.4. The van der Waals surface area contributed by atoms with Gasteiger partial charge in [0.15, 0.2) is 0 Å². The number of aromatic nitrogens is 2. The third-order valence-electron chi connectivity index (χ3n) is 16.0. The Morgan fingerprint density at radius 1 is 0.364 bits per heavy atom. The molecule has 0 bridgehead atoms. The fourth-order valence-electron chi connectivity index (χ4n) is 12.9. The van der Waals surface area contributed by atoms with Crippen molar-refractivity contribution in [1.82, 2.24) is 9.13 Å². The van der Waals surface area contributed by atoms with E-state index in [4.69, 9.17) is 0 Å². The van der Waals surface area contributed by atoms with Gasteiger partial charge in [0.2, 0.25) is 0 Å². The molecule has 1 atom stereocenters. The topological polar surface area (TPSA) is 13.1 Å². The molecule has 4 aromatic heterocycles. The number of fused-ring (bicyclic) bond motifs is 12. The van der Waals surface area contributed by atoms with Gasteiger partial charge in [-0.15, -0.1) is 22.7 Å². The van der Waals surface area contributed by atoms with Gasteiger partial charge in [-0.1, -0.05) is 176 Å². The summed E-state index contributed by atoms with van der Waals surface area (Å²) in [4.78, 5) is 2.44. The zero-order chi connectivity index (χ0) is 50.6. The molecule has 0 fully saturated rings. The molecule has 77 heavy (non-hydrogen) atoms. The van der Waals surface area contributed by atoms with E-state index >= 15 is 0 Å². The number of nitrogens with zero attached hydrogens (tertiary/aromatic N) is 3. The Morgan fingerprint density at radius 2 is 0.896 bits per heavy atom. The van der Waals surface area contributed by atoms with Gasteiger partial charge in [0.05, 0.1) is 39.3 Å². The van der Waals surface area contributed by atoms with E-state index in [9.17, 15) is 0 Å². The molecular weight excluding hydrogens is 971 g/mol. The van der Waals surface area contributed by atoms with E-state index in [0.29, 0.717) is 0 Å². The van der Waals surface area contributed by atoms with Crippen molar-refractivity contribution in [2.75, 3.05) is 4.90 Å². The maximum Gasteiger partial charge on any atom is 0.0547 e. The van der Waals surface area contributed by atoms with Gasteiger partial charge in [-0.3, -0.25) is 0 Å². The minimum atomic E-state index is 0.160. The molecule has 1 aliphatic carbocycles. The first kappa shape index (κ1) is 44.1. The minimum absolute atomic E-state index is 0.160. The fraction of sp³-hybridized carbons (Fsp3) is 0.0278. The number of anilines is 3. The second kappa shape index (κ2) is 17.7. The van der Waals surface area contributed by atoms with Crippen LogP contribution in [-0.4, -0.2) is 9.13 Å². The van der Waals surface area contributed by atoms with Crippen molar-refractivity contribution < 1.29 is 0 Å². The summed E-state index contributed by atoms with van der Waals surface area (Å²) in [5.74, 6) is 0.160. The van der Waals surface area contributed by atoms with E-state index in [1.807, 2.05) is 22.7 Å². The molecule has 0 radical (unpaired) electrons. The molecule has 0 saturated heterocycles. The first-order chi connectivity index (χ1) is 38.2. The molecule has 15 aromatic rings. The van der Waals surface area contributed by atoms with Gasteiger partial charge in [-0.25, -0.2) is 0 Å². The largest absolute Gasteiger partial charge is 0.310 e. The van der Waals surface area contributed by atoms with Gasteiger partial charge in [-0.05, 0) is 131 Å². The molecule has 0 saturated carbocycles. The highest BCUT2D eigenvalue weighted by atomic mass is 32.1. The van der Waals surface area contributed by atoms with Gasteiger partial charge in [0.1, 0.15) is 0 Å². The van der Waals surface area contributed by atoms with Crippen LogP contribution in [0.1, 0.15) is 29.2 Å². The lowest BCUT2D eigenvalue weighted by Gasteiger charge is -2.28. The Kier molecular flexibility index (Phi) is 10.1. The first-order valence-corrected chi connectivity index (χ1v) is 28.1. The summed E-state index contributed by atoms with van der Waals surface area (Å²) in [5, 5.41) is 9.10. The Morgan fingerprint density at radius 3 is 1.66 bits per heavy atom. The van der Waals surface area contributed by atoms with Crippen molar-refractivity contribution in [3.63, 3.8) is 0 Å². The molecule has 5 heteroatoms. The Labute approximate surface area is 453 Å². The number of benzene rings is 11. The molecule has 1 unspecified atom stereocenters. The van der Waals surface area contributed by atoms with Crippen LogP contribution >= 0.6 is 22.7 Å². The lowest BCUT2D eigenvalue weighted by molar-refractivity contribution is 0.827. The molecule has 0 amide bonds. The van der Waals surface area contributed by atoms with Crippen molar-refractivity contribution in [3.05, 3.63) is 278 Å². The van der Waals surface area contributed by atoms with Crippen molar-refractivity contribution in [1.29, 1.82) is 0 Å². The zero-order valence-corrected chi connectivity index (χ0v) is 43.5. The van der Waals surface area contributed by atoms with Gasteiger partial charge >= 0.3 is 0 Å². The van der Waals surface area contributed by atoms with Gasteiger partial charge < -0.3 is 14.0 Å². The highest BCUT2D eigenvalue weighted by molar-refractivity contribution is 7.26. The highest BCUT2D eigenvalue weighted by Crippen LogP contribution is 2.50. The van der Waals surface area contributed by atoms with Crippen LogP contribution in [0, 0.1) is 0 Å². The van der Waals surface area contributed by atoms with Crippen LogP contribution in [0.2, 0.25) is 0 Å². The van der Waals surface area contributed by atoms with E-state index in [1.54, 1.807) is 0 Å². The van der Waals surface area contributed by atoms with E-state index in [1.165, 1.54) is 101 Å². The van der Waals surface area contributed by atoms with Crippen molar-refractivity contribution >= 4 is 119 Å². The number of para-hydroxylation sites is 3. The molecule has 0 aliphatic heterocycles. The number of allylic oxidation sites excluding steroid dienone is 1. The number of hydrogen-bond donors (Lipinski definition) is 0. The summed E-state index contributed by atoms with van der Waals surface area (Å²) in [6.07, 6.45) is 5.73. The summed E-state index contributed by atoms with van der Waals surface area (Å²) in [7, 11) is 0. The van der Waals surface area contributed by atoms with Crippen LogP contribution in [0.5, 0.6) is 0 Å². The average Bonchev–Trinajstić information content (AvgIpc) is 4.38. The van der Waals surface area contributed by atoms with Gasteiger partial charge in [-0.2, -0.15) is 0 Å². The summed E-state index contributed by atoms with van der Waals surface area (Å²) >= 11 is 3.77. The number of rotatable bonds is 8. The molecular formula is C72H47N3S2. The number of hydrogen-bond acceptors (Lipinski definition) is 3. The van der Waals surface area contributed by atoms with Crippen LogP contribution in [0.15, 0.2) is 261 Å². The standard InChI is InChI=1S/C72H47N3S2/c1-3-20-46(21-4-1)47-22-15-25-49(42-47)73(48-23-5-2-6-24-48)50-43-51(74-61-34-11-7-26-57(61)69-53(30-16-36-63(69)74)55-32-18-40-67-71(55)59-28-9-13-38-65(59)76-67)45-52(44-50)75-62-35-12-8-27-58(62)70-54(31-17-37-64(70)75)56-33-19-41-68-72(56)60-29-10-14-39-66(60)77-68/h1-30,32-45,54H,31H2. The molecule has 11 aromatic carbocycles. The first-order valence-electron chi connectivity index (χ1n) is 26.5. The lowest BCUT2D eigenvalue weighted by atomic mass is 9.82. The van der Waals surface area contributed by atoms with Crippen molar-refractivity contribution in [2.45, 2.75) is 12.3 Å². The molecule has 3 nitrogen and oxygen atoms in total. The van der Waals surface area contributed by atoms with Crippen LogP contribution in [0.4, 0.5) is 17.1 Å². The fourth-order valence-corrected chi connectivity index (χ4v) is 15.1. The molecule has 16 rings (SSSR count). The van der Waals surface area contributed by atoms with Gasteiger partial charge in [0, 0.05) is 73.8 Å². The Balaban J connectivity index is 0.985. The van der Waals surface area contributed by atoms with E-state index in [-0.39, 0.29) is 5.92 Å². The maximum atomic E-state index is 2.55.